The number of anilines is 1. The van der Waals surface area contributed by atoms with Crippen LogP contribution >= 0.6 is 0 Å². The second-order valence-corrected chi connectivity index (χ2v) is 14.9. The number of fused-ring (bicyclic) bond motifs is 1. The first kappa shape index (κ1) is 37.0. The number of aryl methyl sites for hydroxylation is 1. The van der Waals surface area contributed by atoms with Gasteiger partial charge >= 0.3 is 6.09 Å². The summed E-state index contributed by atoms with van der Waals surface area (Å²) in [6.45, 7) is 3.48. The first-order valence-corrected chi connectivity index (χ1v) is 19.6. The van der Waals surface area contributed by atoms with E-state index in [9.17, 15) is 4.79 Å². The van der Waals surface area contributed by atoms with Crippen LogP contribution in [0.4, 0.5) is 14.9 Å². The number of halogens is 1. The summed E-state index contributed by atoms with van der Waals surface area (Å²) in [4.78, 5) is 21.4. The Balaban J connectivity index is 0.909. The van der Waals surface area contributed by atoms with Crippen molar-refractivity contribution in [1.29, 1.82) is 0 Å². The number of aromatic nitrogens is 3. The molecule has 0 bridgehead atoms. The predicted molar refractivity (Wildman–Crippen MR) is 216 cm³/mol. The third kappa shape index (κ3) is 8.80. The minimum Gasteiger partial charge on any atom is -0.473 e. The molecule has 0 N–H and O–H groups in total. The van der Waals surface area contributed by atoms with Crippen LogP contribution in [0.5, 0.6) is 11.8 Å². The molecule has 0 unspecified atom stereocenters. The zero-order valence-corrected chi connectivity index (χ0v) is 31.8. The van der Waals surface area contributed by atoms with Gasteiger partial charge in [0, 0.05) is 50.4 Å². The molecule has 2 aliphatic heterocycles. The number of likely N-dealkylation sites (tertiary alicyclic amines) is 1. The van der Waals surface area contributed by atoms with E-state index in [1.807, 2.05) is 115 Å². The molecule has 2 fully saturated rings. The lowest BCUT2D eigenvalue weighted by atomic mass is 9.82. The normalized spacial score (nSPS) is 17.5. The highest BCUT2D eigenvalue weighted by molar-refractivity contribution is 5.96. The summed E-state index contributed by atoms with van der Waals surface area (Å²) in [6.07, 6.45) is 2.22. The minimum atomic E-state index is -0.923. The number of carbonyl (C=O) groups is 1. The van der Waals surface area contributed by atoms with E-state index < -0.39 is 6.17 Å². The van der Waals surface area contributed by atoms with Crippen molar-refractivity contribution in [3.63, 3.8) is 0 Å². The molecule has 0 spiro atoms. The number of benzene rings is 4. The predicted octanol–water partition coefficient (Wildman–Crippen LogP) is 9.40. The molecular weight excluding hydrogens is 706 g/mol. The van der Waals surface area contributed by atoms with E-state index in [4.69, 9.17) is 24.3 Å². The van der Waals surface area contributed by atoms with Crippen molar-refractivity contribution >= 4 is 22.7 Å². The number of nitrogens with zero attached hydrogens (tertiary/aromatic N) is 5. The highest BCUT2D eigenvalue weighted by atomic mass is 19.1. The summed E-state index contributed by atoms with van der Waals surface area (Å²) in [7, 11) is 1.93. The van der Waals surface area contributed by atoms with Crippen molar-refractivity contribution in [2.75, 3.05) is 31.1 Å². The first-order valence-electron chi connectivity index (χ1n) is 19.6. The van der Waals surface area contributed by atoms with Crippen molar-refractivity contribution in [2.45, 2.75) is 51.7 Å². The number of hydrogen-bond acceptors (Lipinski definition) is 7. The van der Waals surface area contributed by atoms with Crippen molar-refractivity contribution in [1.82, 2.24) is 19.7 Å². The standard InChI is InChI=1S/C46H48FN5O4/c1-50-42-28-38(52-26-23-37(41(47)29-52)27-33-21-24-51(25-22-33)46(53)56-32-36-15-9-4-10-16-36)17-18-39(42)44(49-50)40-19-20-43(54-30-34-11-5-2-6-12-34)48-45(40)55-31-35-13-7-3-8-14-35/h2-20,28,33,37,41H,21-27,29-32H2,1H3/t37-,41+/m1/s1. The maximum Gasteiger partial charge on any atom is 0.410 e. The Labute approximate surface area is 327 Å². The molecule has 4 heterocycles. The van der Waals surface area contributed by atoms with E-state index in [1.165, 1.54) is 0 Å². The van der Waals surface area contributed by atoms with Crippen LogP contribution in [0.25, 0.3) is 22.2 Å². The molecule has 8 rings (SSSR count). The fraction of sp³-hybridized carbons (Fsp3) is 0.326. The quantitative estimate of drug-likeness (QED) is 0.123. The topological polar surface area (TPSA) is 82.0 Å². The Bertz CT molecular complexity index is 2210. The van der Waals surface area contributed by atoms with Gasteiger partial charge in [-0.1, -0.05) is 91.0 Å². The van der Waals surface area contributed by atoms with Gasteiger partial charge in [0.1, 0.15) is 31.7 Å². The minimum absolute atomic E-state index is 0.0151. The molecule has 10 heteroatoms. The van der Waals surface area contributed by atoms with Crippen molar-refractivity contribution < 1.29 is 23.4 Å². The summed E-state index contributed by atoms with van der Waals surface area (Å²) < 4.78 is 35.7. The molecule has 0 saturated carbocycles. The smallest absolute Gasteiger partial charge is 0.410 e. The molecule has 0 radical (unpaired) electrons. The third-order valence-corrected chi connectivity index (χ3v) is 11.1. The summed E-state index contributed by atoms with van der Waals surface area (Å²) in [5, 5.41) is 5.91. The van der Waals surface area contributed by atoms with Gasteiger partial charge in [-0.2, -0.15) is 10.1 Å². The Kier molecular flexibility index (Phi) is 11.4. The van der Waals surface area contributed by atoms with Gasteiger partial charge in [-0.3, -0.25) is 4.68 Å². The number of carbonyl (C=O) groups excluding carboxylic acids is 1. The Morgan fingerprint density at radius 3 is 2.05 bits per heavy atom. The van der Waals surface area contributed by atoms with Gasteiger partial charge in [-0.15, -0.1) is 0 Å². The summed E-state index contributed by atoms with van der Waals surface area (Å²) in [6, 6.07) is 39.8. The number of piperidine rings is 2. The monoisotopic (exact) mass is 753 g/mol. The number of alkyl halides is 1. The Hall–Kier alpha value is -5.90. The summed E-state index contributed by atoms with van der Waals surface area (Å²) in [5.41, 5.74) is 6.52. The van der Waals surface area contributed by atoms with Gasteiger partial charge in [0.25, 0.3) is 0 Å². The summed E-state index contributed by atoms with van der Waals surface area (Å²) >= 11 is 0. The number of amides is 1. The van der Waals surface area contributed by atoms with E-state index in [0.717, 1.165) is 76.8 Å². The Morgan fingerprint density at radius 1 is 0.750 bits per heavy atom. The maximum atomic E-state index is 15.9. The zero-order valence-electron chi connectivity index (χ0n) is 31.8. The lowest BCUT2D eigenvalue weighted by Crippen LogP contribution is -2.44. The fourth-order valence-corrected chi connectivity index (χ4v) is 7.94. The number of pyridine rings is 1. The first-order chi connectivity index (χ1) is 27.5. The van der Waals surface area contributed by atoms with Crippen molar-refractivity contribution in [3.05, 3.63) is 138 Å². The second-order valence-electron chi connectivity index (χ2n) is 14.9. The van der Waals surface area contributed by atoms with Crippen LogP contribution in [0, 0.1) is 11.8 Å². The highest BCUT2D eigenvalue weighted by Gasteiger charge is 2.33. The van der Waals surface area contributed by atoms with Gasteiger partial charge in [-0.25, -0.2) is 9.18 Å². The molecule has 6 aromatic rings. The van der Waals surface area contributed by atoms with Gasteiger partial charge in [0.05, 0.1) is 11.1 Å². The molecule has 4 aromatic carbocycles. The van der Waals surface area contributed by atoms with Crippen LogP contribution in [0.2, 0.25) is 0 Å². The number of rotatable bonds is 12. The molecule has 9 nitrogen and oxygen atoms in total. The zero-order chi connectivity index (χ0) is 38.3. The van der Waals surface area contributed by atoms with Crippen LogP contribution in [-0.4, -0.2) is 58.1 Å². The number of ether oxygens (including phenoxy) is 3. The van der Waals surface area contributed by atoms with Gasteiger partial charge in [0.15, 0.2) is 0 Å². The van der Waals surface area contributed by atoms with E-state index in [0.29, 0.717) is 50.5 Å². The van der Waals surface area contributed by atoms with Gasteiger partial charge < -0.3 is 24.0 Å². The van der Waals surface area contributed by atoms with Crippen molar-refractivity contribution in [2.24, 2.45) is 18.9 Å². The van der Waals surface area contributed by atoms with Gasteiger partial charge in [-0.05, 0) is 78.5 Å². The molecule has 0 aliphatic carbocycles. The average molecular weight is 754 g/mol. The largest absolute Gasteiger partial charge is 0.473 e. The fourth-order valence-electron chi connectivity index (χ4n) is 7.94. The Morgan fingerprint density at radius 2 is 1.39 bits per heavy atom. The lowest BCUT2D eigenvalue weighted by molar-refractivity contribution is 0.0753. The molecule has 2 aliphatic rings. The van der Waals surface area contributed by atoms with Crippen LogP contribution in [0.3, 0.4) is 0 Å². The lowest BCUT2D eigenvalue weighted by Gasteiger charge is -2.39. The molecular formula is C46H48FN5O4. The maximum absolute atomic E-state index is 15.9. The molecule has 288 valence electrons. The molecule has 56 heavy (non-hydrogen) atoms. The van der Waals surface area contributed by atoms with E-state index in [2.05, 4.69) is 23.1 Å². The third-order valence-electron chi connectivity index (χ3n) is 11.1. The second kappa shape index (κ2) is 17.3. The van der Waals surface area contributed by atoms with Crippen LogP contribution in [0.15, 0.2) is 121 Å². The van der Waals surface area contributed by atoms with Crippen LogP contribution in [-0.2, 0) is 31.6 Å². The van der Waals surface area contributed by atoms with Crippen LogP contribution < -0.4 is 14.4 Å². The van der Waals surface area contributed by atoms with Crippen molar-refractivity contribution in [3.8, 4) is 23.0 Å². The molecule has 2 aromatic heterocycles. The highest BCUT2D eigenvalue weighted by Crippen LogP contribution is 2.38. The molecule has 1 amide bonds. The number of hydrogen-bond donors (Lipinski definition) is 0. The van der Waals surface area contributed by atoms with E-state index >= 15 is 4.39 Å². The summed E-state index contributed by atoms with van der Waals surface area (Å²) in [5.74, 6) is 1.34. The molecule has 2 atom stereocenters. The van der Waals surface area contributed by atoms with E-state index in [-0.39, 0.29) is 18.6 Å². The van der Waals surface area contributed by atoms with Crippen LogP contribution in [0.1, 0.15) is 42.4 Å². The van der Waals surface area contributed by atoms with E-state index in [1.54, 1.807) is 4.90 Å². The average Bonchev–Trinajstić information content (AvgIpc) is 3.58. The van der Waals surface area contributed by atoms with Gasteiger partial charge in [0.2, 0.25) is 11.8 Å². The SMILES string of the molecule is Cn1nc(-c2ccc(OCc3ccccc3)nc2OCc2ccccc2)c2ccc(N3CC[C@H](CC4CCN(C(=O)OCc5ccccc5)CC4)[C@@H](F)C3)cc21. The molecule has 2 saturated heterocycles.